The van der Waals surface area contributed by atoms with E-state index in [1.807, 2.05) is 24.3 Å². The summed E-state index contributed by atoms with van der Waals surface area (Å²) in [5.41, 5.74) is 1.23. The summed E-state index contributed by atoms with van der Waals surface area (Å²) >= 11 is 0. The lowest BCUT2D eigenvalue weighted by Gasteiger charge is -2.09. The summed E-state index contributed by atoms with van der Waals surface area (Å²) < 4.78 is 0. The lowest BCUT2D eigenvalue weighted by atomic mass is 10.1. The standard InChI is InChI=1S/C21H26N4O2/c1-15-13-18(15)21(27)25-17-8-6-7-16(14-17)20(26)24-12-5-4-11-23-19-9-2-3-10-22-19/h2-3,6-10,14-15,18H,4-5,11-13H2,1H3,(H,22,23)(H,24,26)(H,25,27). The molecule has 0 aliphatic heterocycles. The van der Waals surface area contributed by atoms with E-state index < -0.39 is 0 Å². The first-order chi connectivity index (χ1) is 13.1. The predicted octanol–water partition coefficient (Wildman–Crippen LogP) is 3.30. The van der Waals surface area contributed by atoms with Crippen LogP contribution in [0.3, 0.4) is 0 Å². The fourth-order valence-electron chi connectivity index (χ4n) is 2.90. The summed E-state index contributed by atoms with van der Waals surface area (Å²) in [5.74, 6) is 1.36. The second-order valence-electron chi connectivity index (χ2n) is 6.99. The molecule has 0 saturated heterocycles. The Labute approximate surface area is 159 Å². The highest BCUT2D eigenvalue weighted by Crippen LogP contribution is 2.38. The van der Waals surface area contributed by atoms with Crippen molar-refractivity contribution in [1.29, 1.82) is 0 Å². The third-order valence-electron chi connectivity index (χ3n) is 4.70. The number of benzene rings is 1. The normalized spacial score (nSPS) is 17.8. The van der Waals surface area contributed by atoms with Crippen LogP contribution in [0.15, 0.2) is 48.7 Å². The van der Waals surface area contributed by atoms with Crippen molar-refractivity contribution in [2.75, 3.05) is 23.7 Å². The lowest BCUT2D eigenvalue weighted by molar-refractivity contribution is -0.117. The molecule has 0 spiro atoms. The van der Waals surface area contributed by atoms with Gasteiger partial charge in [-0.05, 0) is 55.5 Å². The maximum atomic E-state index is 12.3. The summed E-state index contributed by atoms with van der Waals surface area (Å²) in [7, 11) is 0. The van der Waals surface area contributed by atoms with Crippen LogP contribution in [-0.4, -0.2) is 29.9 Å². The number of carbonyl (C=O) groups is 2. The zero-order valence-electron chi connectivity index (χ0n) is 15.6. The highest BCUT2D eigenvalue weighted by Gasteiger charge is 2.39. The van der Waals surface area contributed by atoms with Crippen LogP contribution in [-0.2, 0) is 4.79 Å². The Morgan fingerprint density at radius 3 is 2.67 bits per heavy atom. The van der Waals surface area contributed by atoms with Crippen molar-refractivity contribution < 1.29 is 9.59 Å². The average molecular weight is 366 g/mol. The molecular weight excluding hydrogens is 340 g/mol. The van der Waals surface area contributed by atoms with Crippen LogP contribution in [0, 0.1) is 11.8 Å². The van der Waals surface area contributed by atoms with Crippen LogP contribution in [0.25, 0.3) is 0 Å². The van der Waals surface area contributed by atoms with Crippen molar-refractivity contribution in [3.63, 3.8) is 0 Å². The Hall–Kier alpha value is -2.89. The number of rotatable bonds is 9. The van der Waals surface area contributed by atoms with Crippen molar-refractivity contribution in [2.24, 2.45) is 11.8 Å². The Kier molecular flexibility index (Phi) is 6.41. The maximum absolute atomic E-state index is 12.3. The fourth-order valence-corrected chi connectivity index (χ4v) is 2.90. The minimum atomic E-state index is -0.122. The van der Waals surface area contributed by atoms with E-state index in [4.69, 9.17) is 0 Å². The first kappa shape index (κ1) is 18.9. The maximum Gasteiger partial charge on any atom is 0.251 e. The molecule has 2 atom stereocenters. The average Bonchev–Trinajstić information content (AvgIpc) is 3.42. The molecule has 1 fully saturated rings. The molecule has 1 aliphatic rings. The zero-order chi connectivity index (χ0) is 19.1. The number of hydrogen-bond acceptors (Lipinski definition) is 4. The van der Waals surface area contributed by atoms with E-state index in [-0.39, 0.29) is 17.7 Å². The molecule has 1 saturated carbocycles. The van der Waals surface area contributed by atoms with Gasteiger partial charge in [0.15, 0.2) is 0 Å². The van der Waals surface area contributed by atoms with Gasteiger partial charge >= 0.3 is 0 Å². The summed E-state index contributed by atoms with van der Waals surface area (Å²) in [6.45, 7) is 3.49. The number of anilines is 2. The SMILES string of the molecule is CC1CC1C(=O)Nc1cccc(C(=O)NCCCCNc2ccccn2)c1. The second kappa shape index (κ2) is 9.16. The van der Waals surface area contributed by atoms with Gasteiger partial charge in [-0.15, -0.1) is 0 Å². The van der Waals surface area contributed by atoms with E-state index in [1.165, 1.54) is 0 Å². The van der Waals surface area contributed by atoms with Crippen molar-refractivity contribution in [1.82, 2.24) is 10.3 Å². The quantitative estimate of drug-likeness (QED) is 0.595. The van der Waals surface area contributed by atoms with Crippen LogP contribution >= 0.6 is 0 Å². The van der Waals surface area contributed by atoms with Gasteiger partial charge in [0.2, 0.25) is 5.91 Å². The summed E-state index contributed by atoms with van der Waals surface area (Å²) in [6, 6.07) is 12.8. The number of aromatic nitrogens is 1. The minimum absolute atomic E-state index is 0.0421. The molecule has 0 radical (unpaired) electrons. The largest absolute Gasteiger partial charge is 0.370 e. The molecule has 2 amide bonds. The zero-order valence-corrected chi connectivity index (χ0v) is 15.6. The molecule has 3 rings (SSSR count). The Morgan fingerprint density at radius 2 is 1.93 bits per heavy atom. The molecule has 1 aliphatic carbocycles. The molecule has 27 heavy (non-hydrogen) atoms. The van der Waals surface area contributed by atoms with Gasteiger partial charge in [-0.1, -0.05) is 19.1 Å². The van der Waals surface area contributed by atoms with Crippen molar-refractivity contribution in [3.8, 4) is 0 Å². The molecule has 6 heteroatoms. The number of carbonyl (C=O) groups excluding carboxylic acids is 2. The number of amides is 2. The van der Waals surface area contributed by atoms with Gasteiger partial charge < -0.3 is 16.0 Å². The molecule has 3 N–H and O–H groups in total. The minimum Gasteiger partial charge on any atom is -0.370 e. The molecule has 1 heterocycles. The second-order valence-corrected chi connectivity index (χ2v) is 6.99. The molecular formula is C21H26N4O2. The van der Waals surface area contributed by atoms with Gasteiger partial charge in [-0.3, -0.25) is 9.59 Å². The smallest absolute Gasteiger partial charge is 0.251 e. The van der Waals surface area contributed by atoms with Crippen LogP contribution in [0.5, 0.6) is 0 Å². The highest BCUT2D eigenvalue weighted by molar-refractivity contribution is 5.98. The lowest BCUT2D eigenvalue weighted by Crippen LogP contribution is -2.25. The Balaban J connectivity index is 1.36. The topological polar surface area (TPSA) is 83.1 Å². The monoisotopic (exact) mass is 366 g/mol. The van der Waals surface area contributed by atoms with Gasteiger partial charge in [-0.25, -0.2) is 4.98 Å². The van der Waals surface area contributed by atoms with Crippen molar-refractivity contribution in [3.05, 3.63) is 54.2 Å². The predicted molar refractivity (Wildman–Crippen MR) is 107 cm³/mol. The van der Waals surface area contributed by atoms with E-state index in [9.17, 15) is 9.59 Å². The molecule has 1 aromatic carbocycles. The summed E-state index contributed by atoms with van der Waals surface area (Å²) in [6.07, 6.45) is 4.51. The van der Waals surface area contributed by atoms with E-state index in [1.54, 1.807) is 24.4 Å². The third-order valence-corrected chi connectivity index (χ3v) is 4.70. The molecule has 142 valence electrons. The molecule has 6 nitrogen and oxygen atoms in total. The third kappa shape index (κ3) is 5.81. The number of hydrogen-bond donors (Lipinski definition) is 3. The fraction of sp³-hybridized carbons (Fsp3) is 0.381. The van der Waals surface area contributed by atoms with E-state index in [2.05, 4.69) is 27.9 Å². The Bertz CT molecular complexity index is 779. The van der Waals surface area contributed by atoms with Gasteiger partial charge in [0.25, 0.3) is 5.91 Å². The van der Waals surface area contributed by atoms with Gasteiger partial charge in [0, 0.05) is 36.5 Å². The number of unbranched alkanes of at least 4 members (excludes halogenated alkanes) is 1. The van der Waals surface area contributed by atoms with E-state index in [0.717, 1.165) is 31.6 Å². The molecule has 0 bridgehead atoms. The Morgan fingerprint density at radius 1 is 1.11 bits per heavy atom. The van der Waals surface area contributed by atoms with Gasteiger partial charge in [-0.2, -0.15) is 0 Å². The van der Waals surface area contributed by atoms with Crippen LogP contribution < -0.4 is 16.0 Å². The first-order valence-corrected chi connectivity index (χ1v) is 9.47. The summed E-state index contributed by atoms with van der Waals surface area (Å²) in [5, 5.41) is 9.06. The van der Waals surface area contributed by atoms with Gasteiger partial charge in [0.05, 0.1) is 0 Å². The van der Waals surface area contributed by atoms with Crippen molar-refractivity contribution in [2.45, 2.75) is 26.2 Å². The van der Waals surface area contributed by atoms with Crippen LogP contribution in [0.2, 0.25) is 0 Å². The van der Waals surface area contributed by atoms with E-state index >= 15 is 0 Å². The number of pyridine rings is 1. The number of nitrogens with zero attached hydrogens (tertiary/aromatic N) is 1. The first-order valence-electron chi connectivity index (χ1n) is 9.47. The molecule has 1 aromatic heterocycles. The van der Waals surface area contributed by atoms with Crippen LogP contribution in [0.4, 0.5) is 11.5 Å². The highest BCUT2D eigenvalue weighted by atomic mass is 16.2. The number of nitrogens with one attached hydrogen (secondary N) is 3. The van der Waals surface area contributed by atoms with Crippen molar-refractivity contribution >= 4 is 23.3 Å². The summed E-state index contributed by atoms with van der Waals surface area (Å²) in [4.78, 5) is 28.5. The van der Waals surface area contributed by atoms with Gasteiger partial charge in [0.1, 0.15) is 5.82 Å². The van der Waals surface area contributed by atoms with Crippen LogP contribution in [0.1, 0.15) is 36.5 Å². The molecule has 2 unspecified atom stereocenters. The molecule has 2 aromatic rings. The van der Waals surface area contributed by atoms with E-state index in [0.29, 0.717) is 23.7 Å².